The molecule has 7 heteroatoms. The molecule has 3 amide bonds. The van der Waals surface area contributed by atoms with Gasteiger partial charge in [-0.05, 0) is 31.9 Å². The number of nitrogens with one attached hydrogen (secondary N) is 1. The van der Waals surface area contributed by atoms with E-state index in [9.17, 15) is 9.59 Å². The summed E-state index contributed by atoms with van der Waals surface area (Å²) in [7, 11) is 0. The van der Waals surface area contributed by atoms with E-state index in [2.05, 4.69) is 15.5 Å². The van der Waals surface area contributed by atoms with Crippen LogP contribution in [0.3, 0.4) is 0 Å². The van der Waals surface area contributed by atoms with Gasteiger partial charge in [0.05, 0.1) is 0 Å². The third-order valence-corrected chi connectivity index (χ3v) is 5.05. The summed E-state index contributed by atoms with van der Waals surface area (Å²) in [6, 6.07) is 14.7. The molecule has 3 aromatic rings. The summed E-state index contributed by atoms with van der Waals surface area (Å²) < 4.78 is 5.29. The highest BCUT2D eigenvalue weighted by atomic mass is 16.5. The van der Waals surface area contributed by atoms with Crippen molar-refractivity contribution in [2.24, 2.45) is 0 Å². The van der Waals surface area contributed by atoms with Crippen molar-refractivity contribution in [1.29, 1.82) is 0 Å². The Morgan fingerprint density at radius 2 is 1.79 bits per heavy atom. The average Bonchev–Trinajstić information content (AvgIpc) is 3.22. The highest BCUT2D eigenvalue weighted by molar-refractivity contribution is 6.07. The van der Waals surface area contributed by atoms with Crippen LogP contribution in [0, 0.1) is 13.8 Å². The molecule has 4 rings (SSSR count). The smallest absolute Gasteiger partial charge is 0.325 e. The van der Waals surface area contributed by atoms with Crippen molar-refractivity contribution in [2.75, 3.05) is 0 Å². The first-order chi connectivity index (χ1) is 13.4. The monoisotopic (exact) mass is 376 g/mol. The number of nitrogens with zero attached hydrogens (tertiary/aromatic N) is 3. The number of hydrogen-bond donors (Lipinski definition) is 1. The van der Waals surface area contributed by atoms with Gasteiger partial charge in [0.1, 0.15) is 12.1 Å². The Balaban J connectivity index is 1.58. The molecule has 1 N–H and O–H groups in total. The van der Waals surface area contributed by atoms with Crippen LogP contribution in [0.5, 0.6) is 0 Å². The van der Waals surface area contributed by atoms with Gasteiger partial charge in [0.2, 0.25) is 11.7 Å². The predicted octanol–water partition coefficient (Wildman–Crippen LogP) is 3.32. The number of carbonyl (C=O) groups excluding carboxylic acids is 2. The maximum Gasteiger partial charge on any atom is 0.325 e. The first kappa shape index (κ1) is 17.9. The minimum absolute atomic E-state index is 0.0784. The SMILES string of the molecule is Cc1ccc(C2(C)NC(=O)N(Cc3nc(-c4ccccc4C)no3)C2=O)cc1. The summed E-state index contributed by atoms with van der Waals surface area (Å²) >= 11 is 0. The lowest BCUT2D eigenvalue weighted by Crippen LogP contribution is -2.40. The number of aryl methyl sites for hydroxylation is 2. The molecule has 1 aliphatic heterocycles. The number of imide groups is 1. The molecule has 0 spiro atoms. The van der Waals surface area contributed by atoms with Gasteiger partial charge in [-0.25, -0.2) is 4.79 Å². The number of amides is 3. The lowest BCUT2D eigenvalue weighted by atomic mass is 9.91. The van der Waals surface area contributed by atoms with Crippen LogP contribution in [-0.2, 0) is 16.9 Å². The number of urea groups is 1. The molecule has 1 aliphatic rings. The van der Waals surface area contributed by atoms with Crippen LogP contribution in [0.4, 0.5) is 4.79 Å². The molecule has 1 aromatic heterocycles. The fourth-order valence-electron chi connectivity index (χ4n) is 3.31. The van der Waals surface area contributed by atoms with Gasteiger partial charge >= 0.3 is 6.03 Å². The molecular formula is C21H20N4O3. The Labute approximate surface area is 162 Å². The summed E-state index contributed by atoms with van der Waals surface area (Å²) in [6.07, 6.45) is 0. The molecule has 7 nitrogen and oxygen atoms in total. The van der Waals surface area contributed by atoms with E-state index < -0.39 is 11.6 Å². The zero-order chi connectivity index (χ0) is 19.9. The molecule has 0 bridgehead atoms. The fourth-order valence-corrected chi connectivity index (χ4v) is 3.31. The van der Waals surface area contributed by atoms with E-state index in [4.69, 9.17) is 4.52 Å². The molecule has 0 saturated carbocycles. The lowest BCUT2D eigenvalue weighted by molar-refractivity contribution is -0.131. The van der Waals surface area contributed by atoms with Crippen molar-refractivity contribution < 1.29 is 14.1 Å². The van der Waals surface area contributed by atoms with Gasteiger partial charge in [-0.1, -0.05) is 59.3 Å². The van der Waals surface area contributed by atoms with E-state index in [-0.39, 0.29) is 18.3 Å². The van der Waals surface area contributed by atoms with E-state index in [1.807, 2.05) is 62.4 Å². The first-order valence-electron chi connectivity index (χ1n) is 8.98. The van der Waals surface area contributed by atoms with E-state index in [1.54, 1.807) is 6.92 Å². The topological polar surface area (TPSA) is 88.3 Å². The number of hydrogen-bond acceptors (Lipinski definition) is 5. The van der Waals surface area contributed by atoms with Gasteiger partial charge in [0.15, 0.2) is 0 Å². The van der Waals surface area contributed by atoms with Crippen molar-refractivity contribution in [3.63, 3.8) is 0 Å². The Morgan fingerprint density at radius 1 is 1.07 bits per heavy atom. The molecule has 2 heterocycles. The molecule has 2 aromatic carbocycles. The molecule has 28 heavy (non-hydrogen) atoms. The second-order valence-electron chi connectivity index (χ2n) is 7.14. The fraction of sp³-hybridized carbons (Fsp3) is 0.238. The molecule has 1 unspecified atom stereocenters. The van der Waals surface area contributed by atoms with Crippen molar-refractivity contribution >= 4 is 11.9 Å². The highest BCUT2D eigenvalue weighted by Crippen LogP contribution is 2.30. The maximum atomic E-state index is 13.0. The van der Waals surface area contributed by atoms with Crippen molar-refractivity contribution in [3.05, 3.63) is 71.1 Å². The van der Waals surface area contributed by atoms with Crippen LogP contribution in [-0.4, -0.2) is 27.0 Å². The predicted molar refractivity (Wildman–Crippen MR) is 102 cm³/mol. The summed E-state index contributed by atoms with van der Waals surface area (Å²) in [6.45, 7) is 5.54. The van der Waals surface area contributed by atoms with Crippen LogP contribution < -0.4 is 5.32 Å². The van der Waals surface area contributed by atoms with Crippen LogP contribution in [0.15, 0.2) is 53.1 Å². The normalized spacial score (nSPS) is 19.2. The van der Waals surface area contributed by atoms with Gasteiger partial charge in [-0.2, -0.15) is 4.98 Å². The zero-order valence-electron chi connectivity index (χ0n) is 15.9. The lowest BCUT2D eigenvalue weighted by Gasteiger charge is -2.22. The van der Waals surface area contributed by atoms with E-state index in [1.165, 1.54) is 0 Å². The molecular weight excluding hydrogens is 356 g/mol. The maximum absolute atomic E-state index is 13.0. The number of carbonyl (C=O) groups is 2. The number of aromatic nitrogens is 2. The Morgan fingerprint density at radius 3 is 2.50 bits per heavy atom. The zero-order valence-corrected chi connectivity index (χ0v) is 15.9. The summed E-state index contributed by atoms with van der Waals surface area (Å²) in [5.41, 5.74) is 2.54. The largest absolute Gasteiger partial charge is 0.337 e. The third kappa shape index (κ3) is 2.94. The average molecular weight is 376 g/mol. The Bertz CT molecular complexity index is 1060. The van der Waals surface area contributed by atoms with Crippen LogP contribution >= 0.6 is 0 Å². The minimum Gasteiger partial charge on any atom is -0.337 e. The summed E-state index contributed by atoms with van der Waals surface area (Å²) in [4.78, 5) is 31.0. The second kappa shape index (κ2) is 6.60. The van der Waals surface area contributed by atoms with Gasteiger partial charge in [-0.3, -0.25) is 9.69 Å². The van der Waals surface area contributed by atoms with E-state index in [0.717, 1.165) is 27.2 Å². The van der Waals surface area contributed by atoms with Gasteiger partial charge < -0.3 is 9.84 Å². The van der Waals surface area contributed by atoms with E-state index >= 15 is 0 Å². The number of rotatable bonds is 4. The highest BCUT2D eigenvalue weighted by Gasteiger charge is 2.49. The first-order valence-corrected chi connectivity index (χ1v) is 8.98. The van der Waals surface area contributed by atoms with Crippen LogP contribution in [0.25, 0.3) is 11.4 Å². The van der Waals surface area contributed by atoms with Crippen molar-refractivity contribution in [2.45, 2.75) is 32.9 Å². The summed E-state index contributed by atoms with van der Waals surface area (Å²) in [5, 5.41) is 6.77. The summed E-state index contributed by atoms with van der Waals surface area (Å²) in [5.74, 6) is 0.286. The standard InChI is InChI=1S/C21H20N4O3/c1-13-8-10-15(11-9-13)21(3)19(26)25(20(27)23-21)12-17-22-18(24-28-17)16-7-5-4-6-14(16)2/h4-11H,12H2,1-3H3,(H,23,27). The van der Waals surface area contributed by atoms with Gasteiger partial charge in [0, 0.05) is 5.56 Å². The van der Waals surface area contributed by atoms with Crippen LogP contribution in [0.1, 0.15) is 29.5 Å². The van der Waals surface area contributed by atoms with Crippen LogP contribution in [0.2, 0.25) is 0 Å². The minimum atomic E-state index is -1.12. The van der Waals surface area contributed by atoms with Crippen molar-refractivity contribution in [1.82, 2.24) is 20.4 Å². The Hall–Kier alpha value is -3.48. The molecule has 0 radical (unpaired) electrons. The second-order valence-corrected chi connectivity index (χ2v) is 7.14. The van der Waals surface area contributed by atoms with Crippen molar-refractivity contribution in [3.8, 4) is 11.4 Å². The number of benzene rings is 2. The quantitative estimate of drug-likeness (QED) is 0.706. The molecule has 1 atom stereocenters. The van der Waals surface area contributed by atoms with E-state index in [0.29, 0.717) is 5.82 Å². The molecule has 1 fully saturated rings. The Kier molecular flexibility index (Phi) is 4.22. The third-order valence-electron chi connectivity index (χ3n) is 5.05. The molecule has 142 valence electrons. The molecule has 0 aliphatic carbocycles. The van der Waals surface area contributed by atoms with Gasteiger partial charge in [0.25, 0.3) is 5.91 Å². The van der Waals surface area contributed by atoms with Gasteiger partial charge in [-0.15, -0.1) is 0 Å². The molecule has 1 saturated heterocycles.